The van der Waals surface area contributed by atoms with Crippen LogP contribution in [0.15, 0.2) is 48.8 Å². The number of nitrogens with one attached hydrogen (secondary N) is 1. The van der Waals surface area contributed by atoms with Crippen LogP contribution in [0.3, 0.4) is 0 Å². The van der Waals surface area contributed by atoms with Crippen molar-refractivity contribution in [3.05, 3.63) is 59.9 Å². The van der Waals surface area contributed by atoms with E-state index in [9.17, 15) is 0 Å². The van der Waals surface area contributed by atoms with Crippen molar-refractivity contribution in [3.63, 3.8) is 0 Å². The Morgan fingerprint density at radius 2 is 2.09 bits per heavy atom. The average molecular weight is 334 g/mol. The summed E-state index contributed by atoms with van der Waals surface area (Å²) in [7, 11) is 1.70. The second-order valence-corrected chi connectivity index (χ2v) is 5.64. The van der Waals surface area contributed by atoms with Crippen LogP contribution in [-0.4, -0.2) is 43.2 Å². The first-order chi connectivity index (χ1) is 10.9. The number of ether oxygens (including phenoxy) is 1. The van der Waals surface area contributed by atoms with Crippen molar-refractivity contribution in [3.8, 4) is 5.75 Å². The molecule has 1 fully saturated rings. The third kappa shape index (κ3) is 4.67. The predicted molar refractivity (Wildman–Crippen MR) is 95.4 cm³/mol. The van der Waals surface area contributed by atoms with Gasteiger partial charge in [0.15, 0.2) is 0 Å². The molecule has 1 unspecified atom stereocenters. The van der Waals surface area contributed by atoms with Crippen LogP contribution >= 0.6 is 12.4 Å². The van der Waals surface area contributed by atoms with Crippen LogP contribution in [-0.2, 0) is 6.42 Å². The molecule has 3 rings (SSSR count). The minimum atomic E-state index is 0. The van der Waals surface area contributed by atoms with E-state index in [0.29, 0.717) is 6.04 Å². The average Bonchev–Trinajstić information content (AvgIpc) is 2.61. The topological polar surface area (TPSA) is 37.4 Å². The summed E-state index contributed by atoms with van der Waals surface area (Å²) in [4.78, 5) is 6.82. The molecule has 5 heteroatoms. The number of hydrogen-bond donors (Lipinski definition) is 1. The van der Waals surface area contributed by atoms with Crippen molar-refractivity contribution >= 4 is 12.4 Å². The Balaban J connectivity index is 0.00000192. The molecule has 1 aromatic carbocycles. The first-order valence-corrected chi connectivity index (χ1v) is 7.84. The van der Waals surface area contributed by atoms with Gasteiger partial charge in [0.2, 0.25) is 0 Å². The normalized spacial score (nSPS) is 18.2. The maximum atomic E-state index is 5.21. The third-order valence-corrected chi connectivity index (χ3v) is 4.27. The van der Waals surface area contributed by atoms with Gasteiger partial charge in [-0.15, -0.1) is 12.4 Å². The molecular formula is C18H24ClN3O. The van der Waals surface area contributed by atoms with Gasteiger partial charge in [0.05, 0.1) is 7.11 Å². The Morgan fingerprint density at radius 1 is 1.26 bits per heavy atom. The molecule has 0 radical (unpaired) electrons. The number of pyridine rings is 1. The zero-order chi connectivity index (χ0) is 15.2. The van der Waals surface area contributed by atoms with Gasteiger partial charge in [-0.3, -0.25) is 9.88 Å². The number of halogens is 1. The number of methoxy groups -OCH3 is 1. The molecule has 0 spiro atoms. The highest BCUT2D eigenvalue weighted by atomic mass is 35.5. The van der Waals surface area contributed by atoms with Crippen molar-refractivity contribution in [1.82, 2.24) is 15.2 Å². The second kappa shape index (κ2) is 8.87. The molecule has 1 aromatic heterocycles. The van der Waals surface area contributed by atoms with Gasteiger partial charge >= 0.3 is 0 Å². The van der Waals surface area contributed by atoms with E-state index in [1.54, 1.807) is 7.11 Å². The number of nitrogens with zero attached hydrogens (tertiary/aromatic N) is 2. The minimum absolute atomic E-state index is 0. The summed E-state index contributed by atoms with van der Waals surface area (Å²) >= 11 is 0. The number of piperazine rings is 1. The molecule has 2 aromatic rings. The van der Waals surface area contributed by atoms with Crippen molar-refractivity contribution in [2.24, 2.45) is 0 Å². The fraction of sp³-hybridized carbons (Fsp3) is 0.389. The summed E-state index contributed by atoms with van der Waals surface area (Å²) in [5, 5.41) is 3.49. The van der Waals surface area contributed by atoms with Crippen LogP contribution in [0.2, 0.25) is 0 Å². The molecule has 0 saturated carbocycles. The first-order valence-electron chi connectivity index (χ1n) is 7.84. The van der Waals surface area contributed by atoms with Crippen LogP contribution < -0.4 is 10.1 Å². The van der Waals surface area contributed by atoms with E-state index in [0.717, 1.165) is 38.3 Å². The molecule has 1 saturated heterocycles. The molecule has 2 heterocycles. The van der Waals surface area contributed by atoms with Gasteiger partial charge in [-0.2, -0.15) is 0 Å². The summed E-state index contributed by atoms with van der Waals surface area (Å²) in [6, 6.07) is 13.0. The number of hydrogen-bond acceptors (Lipinski definition) is 4. The summed E-state index contributed by atoms with van der Waals surface area (Å²) < 4.78 is 5.21. The lowest BCUT2D eigenvalue weighted by Gasteiger charge is -2.36. The molecule has 0 bridgehead atoms. The summed E-state index contributed by atoms with van der Waals surface area (Å²) in [6.07, 6.45) is 4.88. The van der Waals surface area contributed by atoms with Crippen LogP contribution in [0.4, 0.5) is 0 Å². The molecule has 1 aliphatic heterocycles. The van der Waals surface area contributed by atoms with Crippen molar-refractivity contribution in [2.75, 3.05) is 33.3 Å². The lowest BCUT2D eigenvalue weighted by atomic mass is 10.0. The summed E-state index contributed by atoms with van der Waals surface area (Å²) in [6.45, 7) is 4.19. The van der Waals surface area contributed by atoms with Gasteiger partial charge < -0.3 is 10.1 Å². The molecule has 4 nitrogen and oxygen atoms in total. The molecule has 0 aliphatic carbocycles. The van der Waals surface area contributed by atoms with Gasteiger partial charge in [0.1, 0.15) is 5.75 Å². The van der Waals surface area contributed by atoms with Crippen LogP contribution in [0.25, 0.3) is 0 Å². The molecular weight excluding hydrogens is 310 g/mol. The Kier molecular flexibility index (Phi) is 6.84. The van der Waals surface area contributed by atoms with E-state index in [1.165, 1.54) is 11.1 Å². The van der Waals surface area contributed by atoms with E-state index in [4.69, 9.17) is 4.74 Å². The molecule has 1 N–H and O–H groups in total. The third-order valence-electron chi connectivity index (χ3n) is 4.27. The summed E-state index contributed by atoms with van der Waals surface area (Å²) in [5.74, 6) is 0.916. The highest BCUT2D eigenvalue weighted by Gasteiger charge is 2.23. The number of rotatable bonds is 5. The highest BCUT2D eigenvalue weighted by Crippen LogP contribution is 2.22. The van der Waals surface area contributed by atoms with Crippen LogP contribution in [0.5, 0.6) is 5.75 Å². The lowest BCUT2D eigenvalue weighted by Crippen LogP contribution is -2.46. The number of aromatic nitrogens is 1. The lowest BCUT2D eigenvalue weighted by molar-refractivity contribution is 0.164. The zero-order valence-electron chi connectivity index (χ0n) is 13.4. The quantitative estimate of drug-likeness (QED) is 0.913. The zero-order valence-corrected chi connectivity index (χ0v) is 14.3. The van der Waals surface area contributed by atoms with Crippen molar-refractivity contribution in [1.29, 1.82) is 0 Å². The highest BCUT2D eigenvalue weighted by molar-refractivity contribution is 5.85. The SMILES string of the molecule is COc1ccc(CCN2CCNCC2c2cccnc2)cc1.Cl. The minimum Gasteiger partial charge on any atom is -0.497 e. The van der Waals surface area contributed by atoms with Crippen molar-refractivity contribution < 1.29 is 4.74 Å². The molecule has 124 valence electrons. The van der Waals surface area contributed by atoms with E-state index in [1.807, 2.05) is 30.6 Å². The van der Waals surface area contributed by atoms with Crippen molar-refractivity contribution in [2.45, 2.75) is 12.5 Å². The van der Waals surface area contributed by atoms with E-state index < -0.39 is 0 Å². The molecule has 1 aliphatic rings. The Hall–Kier alpha value is -1.62. The Morgan fingerprint density at radius 3 is 2.78 bits per heavy atom. The second-order valence-electron chi connectivity index (χ2n) is 5.64. The summed E-state index contributed by atoms with van der Waals surface area (Å²) in [5.41, 5.74) is 2.65. The largest absolute Gasteiger partial charge is 0.497 e. The molecule has 23 heavy (non-hydrogen) atoms. The van der Waals surface area contributed by atoms with Crippen LogP contribution in [0.1, 0.15) is 17.2 Å². The molecule has 0 amide bonds. The van der Waals surface area contributed by atoms with Gasteiger partial charge in [-0.25, -0.2) is 0 Å². The van der Waals surface area contributed by atoms with Crippen LogP contribution in [0, 0.1) is 0 Å². The van der Waals surface area contributed by atoms with E-state index in [2.05, 4.69) is 33.4 Å². The van der Waals surface area contributed by atoms with Gasteiger partial charge in [-0.05, 0) is 35.7 Å². The van der Waals surface area contributed by atoms with E-state index >= 15 is 0 Å². The maximum absolute atomic E-state index is 5.21. The van der Waals surface area contributed by atoms with E-state index in [-0.39, 0.29) is 12.4 Å². The van der Waals surface area contributed by atoms with Gasteiger partial charge in [-0.1, -0.05) is 18.2 Å². The molecule has 1 atom stereocenters. The standard InChI is InChI=1S/C18H23N3O.ClH/c1-22-17-6-4-15(5-7-17)8-11-21-12-10-20-14-18(21)16-3-2-9-19-13-16;/h2-7,9,13,18,20H,8,10-12,14H2,1H3;1H. The first kappa shape index (κ1) is 17.7. The number of benzene rings is 1. The van der Waals surface area contributed by atoms with Gasteiger partial charge in [0.25, 0.3) is 0 Å². The Labute approximate surface area is 144 Å². The van der Waals surface area contributed by atoms with Gasteiger partial charge in [0, 0.05) is 44.6 Å². The monoisotopic (exact) mass is 333 g/mol. The fourth-order valence-corrected chi connectivity index (χ4v) is 2.98. The Bertz CT molecular complexity index is 577. The fourth-order valence-electron chi connectivity index (χ4n) is 2.98. The smallest absolute Gasteiger partial charge is 0.118 e. The predicted octanol–water partition coefficient (Wildman–Crippen LogP) is 2.70. The maximum Gasteiger partial charge on any atom is 0.118 e.